The molecule has 2 heterocycles. The first kappa shape index (κ1) is 14.1. The largest absolute Gasteiger partial charge is 0.476 e. The van der Waals surface area contributed by atoms with Gasteiger partial charge in [-0.1, -0.05) is 17.4 Å². The minimum Gasteiger partial charge on any atom is -0.476 e. The first-order chi connectivity index (χ1) is 9.47. The number of aromatic carboxylic acids is 1. The highest BCUT2D eigenvalue weighted by molar-refractivity contribution is 7.17. The maximum atomic E-state index is 11.4. The van der Waals surface area contributed by atoms with E-state index in [1.54, 1.807) is 6.20 Å². The summed E-state index contributed by atoms with van der Waals surface area (Å²) in [6.07, 6.45) is 1.74. The van der Waals surface area contributed by atoms with E-state index in [0.717, 1.165) is 22.6 Å². The van der Waals surface area contributed by atoms with E-state index in [1.165, 1.54) is 6.92 Å². The molecule has 7 heteroatoms. The molecule has 2 rings (SSSR count). The Morgan fingerprint density at radius 3 is 2.65 bits per heavy atom. The minimum absolute atomic E-state index is 0.155. The second kappa shape index (κ2) is 5.79. The molecular formula is C13H13N3O3S. The number of aryl methyl sites for hydroxylation is 1. The zero-order valence-corrected chi connectivity index (χ0v) is 11.8. The molecule has 0 saturated carbocycles. The Labute approximate surface area is 119 Å². The zero-order chi connectivity index (χ0) is 14.7. The Bertz CT molecular complexity index is 618. The van der Waals surface area contributed by atoms with Gasteiger partial charge in [0, 0.05) is 25.4 Å². The van der Waals surface area contributed by atoms with Crippen LogP contribution in [0.2, 0.25) is 0 Å². The van der Waals surface area contributed by atoms with Crippen molar-refractivity contribution in [2.24, 2.45) is 0 Å². The number of carboxylic acids is 1. The van der Waals surface area contributed by atoms with Gasteiger partial charge >= 0.3 is 5.97 Å². The van der Waals surface area contributed by atoms with E-state index < -0.39 is 5.97 Å². The van der Waals surface area contributed by atoms with Crippen LogP contribution in [0.4, 0.5) is 5.13 Å². The standard InChI is InChI=1S/C13H13N3O3S/c1-7-3-4-9(5-14-7)6-15-13-16-10(12(18)19)11(20-13)8(2)17/h3-5H,6H2,1-2H3,(H,15,16)(H,18,19). The van der Waals surface area contributed by atoms with Gasteiger partial charge in [0.15, 0.2) is 16.6 Å². The van der Waals surface area contributed by atoms with Gasteiger partial charge in [0.2, 0.25) is 0 Å². The summed E-state index contributed by atoms with van der Waals surface area (Å²) in [7, 11) is 0. The molecule has 20 heavy (non-hydrogen) atoms. The number of nitrogens with zero attached hydrogens (tertiary/aromatic N) is 2. The normalized spacial score (nSPS) is 10.3. The number of nitrogens with one attached hydrogen (secondary N) is 1. The summed E-state index contributed by atoms with van der Waals surface area (Å²) in [4.78, 5) is 30.6. The second-order valence-corrected chi connectivity index (χ2v) is 5.22. The van der Waals surface area contributed by atoms with Crippen molar-refractivity contribution in [3.05, 3.63) is 40.2 Å². The van der Waals surface area contributed by atoms with Crippen LogP contribution >= 0.6 is 11.3 Å². The summed E-state index contributed by atoms with van der Waals surface area (Å²) >= 11 is 1.05. The molecule has 0 saturated heterocycles. The first-order valence-corrected chi connectivity index (χ1v) is 6.69. The fraction of sp³-hybridized carbons (Fsp3) is 0.231. The van der Waals surface area contributed by atoms with Crippen LogP contribution in [0.15, 0.2) is 18.3 Å². The number of hydrogen-bond acceptors (Lipinski definition) is 6. The van der Waals surface area contributed by atoms with Crippen molar-refractivity contribution in [2.45, 2.75) is 20.4 Å². The van der Waals surface area contributed by atoms with Crippen molar-refractivity contribution in [2.75, 3.05) is 5.32 Å². The van der Waals surface area contributed by atoms with Crippen LogP contribution in [-0.4, -0.2) is 26.8 Å². The number of rotatable bonds is 5. The Hall–Kier alpha value is -2.28. The molecule has 0 atom stereocenters. The number of carbonyl (C=O) groups is 2. The SMILES string of the molecule is CC(=O)c1sc(NCc2ccc(C)nc2)nc1C(=O)O. The molecular weight excluding hydrogens is 278 g/mol. The van der Waals surface area contributed by atoms with Gasteiger partial charge in [-0.05, 0) is 18.6 Å². The van der Waals surface area contributed by atoms with Crippen LogP contribution < -0.4 is 5.32 Å². The molecule has 0 bridgehead atoms. The van der Waals surface area contributed by atoms with Crippen molar-refractivity contribution < 1.29 is 14.7 Å². The zero-order valence-electron chi connectivity index (χ0n) is 11.0. The lowest BCUT2D eigenvalue weighted by Crippen LogP contribution is -2.04. The van der Waals surface area contributed by atoms with Crippen molar-refractivity contribution in [1.29, 1.82) is 0 Å². The van der Waals surface area contributed by atoms with Gasteiger partial charge in [0.25, 0.3) is 0 Å². The molecule has 0 fully saturated rings. The molecule has 6 nitrogen and oxygen atoms in total. The molecule has 0 aliphatic carbocycles. The molecule has 0 aliphatic heterocycles. The number of carboxylic acid groups (broad SMARTS) is 1. The Kier molecular flexibility index (Phi) is 4.09. The summed E-state index contributed by atoms with van der Waals surface area (Å²) < 4.78 is 0. The third-order valence-electron chi connectivity index (χ3n) is 2.57. The summed E-state index contributed by atoms with van der Waals surface area (Å²) in [6, 6.07) is 3.81. The summed E-state index contributed by atoms with van der Waals surface area (Å²) in [5.41, 5.74) is 1.68. The molecule has 0 amide bonds. The van der Waals surface area contributed by atoms with Crippen molar-refractivity contribution in [3.63, 3.8) is 0 Å². The number of carbonyl (C=O) groups excluding carboxylic acids is 1. The third kappa shape index (κ3) is 3.18. The molecule has 0 unspecified atom stereocenters. The van der Waals surface area contributed by atoms with Crippen LogP contribution in [0.5, 0.6) is 0 Å². The van der Waals surface area contributed by atoms with E-state index in [4.69, 9.17) is 5.11 Å². The highest BCUT2D eigenvalue weighted by atomic mass is 32.1. The number of ketones is 1. The topological polar surface area (TPSA) is 92.2 Å². The van der Waals surface area contributed by atoms with E-state index in [0.29, 0.717) is 11.7 Å². The number of anilines is 1. The third-order valence-corrected chi connectivity index (χ3v) is 3.68. The Balaban J connectivity index is 2.14. The van der Waals surface area contributed by atoms with Gasteiger partial charge in [0.1, 0.15) is 4.88 Å². The summed E-state index contributed by atoms with van der Waals surface area (Å²) in [6.45, 7) is 3.70. The van der Waals surface area contributed by atoms with Crippen molar-refractivity contribution in [1.82, 2.24) is 9.97 Å². The van der Waals surface area contributed by atoms with Crippen molar-refractivity contribution in [3.8, 4) is 0 Å². The molecule has 2 N–H and O–H groups in total. The predicted octanol–water partition coefficient (Wildman–Crippen LogP) is 2.36. The van der Waals surface area contributed by atoms with E-state index in [1.807, 2.05) is 19.1 Å². The van der Waals surface area contributed by atoms with E-state index in [9.17, 15) is 9.59 Å². The molecule has 2 aromatic rings. The average Bonchev–Trinajstić information content (AvgIpc) is 2.83. The maximum absolute atomic E-state index is 11.4. The lowest BCUT2D eigenvalue weighted by Gasteiger charge is -2.02. The van der Waals surface area contributed by atoms with E-state index in [-0.39, 0.29) is 16.4 Å². The number of pyridine rings is 1. The summed E-state index contributed by atoms with van der Waals surface area (Å²) in [5, 5.41) is 12.4. The molecule has 0 spiro atoms. The van der Waals surface area contributed by atoms with Gasteiger partial charge < -0.3 is 10.4 Å². The highest BCUT2D eigenvalue weighted by Gasteiger charge is 2.20. The molecule has 104 valence electrons. The second-order valence-electron chi connectivity index (χ2n) is 4.22. The lowest BCUT2D eigenvalue weighted by atomic mass is 10.2. The van der Waals surface area contributed by atoms with Crippen LogP contribution in [0, 0.1) is 6.92 Å². The Morgan fingerprint density at radius 2 is 2.15 bits per heavy atom. The maximum Gasteiger partial charge on any atom is 0.356 e. The van der Waals surface area contributed by atoms with Gasteiger partial charge in [-0.25, -0.2) is 9.78 Å². The molecule has 2 aromatic heterocycles. The van der Waals surface area contributed by atoms with Gasteiger partial charge in [-0.15, -0.1) is 0 Å². The summed E-state index contributed by atoms with van der Waals surface area (Å²) in [5.74, 6) is -1.50. The quantitative estimate of drug-likeness (QED) is 0.822. The smallest absolute Gasteiger partial charge is 0.356 e. The lowest BCUT2D eigenvalue weighted by molar-refractivity contribution is 0.0687. The minimum atomic E-state index is -1.20. The first-order valence-electron chi connectivity index (χ1n) is 5.88. The highest BCUT2D eigenvalue weighted by Crippen LogP contribution is 2.24. The van der Waals surface area contributed by atoms with E-state index >= 15 is 0 Å². The van der Waals surface area contributed by atoms with E-state index in [2.05, 4.69) is 15.3 Å². The number of thiazole rings is 1. The fourth-order valence-corrected chi connectivity index (χ4v) is 2.41. The predicted molar refractivity (Wildman–Crippen MR) is 75.4 cm³/mol. The van der Waals surface area contributed by atoms with Crippen LogP contribution in [-0.2, 0) is 6.54 Å². The van der Waals surface area contributed by atoms with Crippen LogP contribution in [0.25, 0.3) is 0 Å². The number of Topliss-reactive ketones (excluding diaryl/α,β-unsaturated/α-hetero) is 1. The van der Waals surface area contributed by atoms with Gasteiger partial charge in [-0.2, -0.15) is 0 Å². The average molecular weight is 291 g/mol. The van der Waals surface area contributed by atoms with Gasteiger partial charge in [-0.3, -0.25) is 9.78 Å². The number of aromatic nitrogens is 2. The molecule has 0 aliphatic rings. The van der Waals surface area contributed by atoms with Crippen LogP contribution in [0.3, 0.4) is 0 Å². The molecule has 0 radical (unpaired) electrons. The fourth-order valence-electron chi connectivity index (χ4n) is 1.56. The van der Waals surface area contributed by atoms with Gasteiger partial charge in [0.05, 0.1) is 0 Å². The number of hydrogen-bond donors (Lipinski definition) is 2. The van der Waals surface area contributed by atoms with Crippen LogP contribution in [0.1, 0.15) is 38.3 Å². The van der Waals surface area contributed by atoms with Crippen molar-refractivity contribution >= 4 is 28.2 Å². The monoisotopic (exact) mass is 291 g/mol. The Morgan fingerprint density at radius 1 is 1.40 bits per heavy atom. The molecule has 0 aromatic carbocycles.